The molecule has 2 atom stereocenters. The van der Waals surface area contributed by atoms with Crippen LogP contribution >= 0.6 is 0 Å². The number of aldehydes is 1. The maximum absolute atomic E-state index is 13.1. The number of aliphatic carboxylic acids is 3. The standard InChI is InChI=1S/C32H55N9O10/c1-22(2)5-3-4-6-34-28-29(31(50)30(28)49)35-7-8-36-32(51)23(17-33)37-24(21-42)41-15-13-39(19-26(45)46)11-9-38(18-25(43)44)10-12-40(14-16-41)20-27(47)48/h21-24,34-35,37H,3-20,33H2,1-2H3,(H,36,51)(H,43,44)(H,45,46)(H,47,48)/t23-,24?/m1/s1. The first-order valence-electron chi connectivity index (χ1n) is 17.3. The monoisotopic (exact) mass is 725 g/mol. The molecule has 288 valence electrons. The second-order valence-electron chi connectivity index (χ2n) is 13.0. The molecule has 2 rings (SSSR count). The third-order valence-electron chi connectivity index (χ3n) is 8.54. The maximum atomic E-state index is 13.1. The molecule has 0 aromatic heterocycles. The van der Waals surface area contributed by atoms with Gasteiger partial charge in [0.1, 0.15) is 23.6 Å². The van der Waals surface area contributed by atoms with Crippen molar-refractivity contribution in [2.75, 3.05) is 109 Å². The summed E-state index contributed by atoms with van der Waals surface area (Å²) in [4.78, 5) is 90.7. The van der Waals surface area contributed by atoms with Gasteiger partial charge in [-0.05, 0) is 12.3 Å². The number of carboxylic acids is 3. The molecule has 1 aliphatic heterocycles. The van der Waals surface area contributed by atoms with Crippen molar-refractivity contribution in [3.8, 4) is 0 Å². The zero-order valence-corrected chi connectivity index (χ0v) is 29.6. The molecule has 19 nitrogen and oxygen atoms in total. The fourth-order valence-electron chi connectivity index (χ4n) is 5.68. The minimum Gasteiger partial charge on any atom is -0.480 e. The normalized spacial score (nSPS) is 17.3. The molecule has 9 N–H and O–H groups in total. The fourth-order valence-corrected chi connectivity index (χ4v) is 5.68. The number of nitrogens with two attached hydrogens (primary N) is 1. The van der Waals surface area contributed by atoms with Crippen LogP contribution in [0.5, 0.6) is 0 Å². The molecule has 0 radical (unpaired) electrons. The van der Waals surface area contributed by atoms with Gasteiger partial charge in [-0.2, -0.15) is 0 Å². The number of amides is 1. The lowest BCUT2D eigenvalue weighted by atomic mass is 10.1. The van der Waals surface area contributed by atoms with Gasteiger partial charge in [-0.3, -0.25) is 53.7 Å². The molecule has 1 aliphatic rings. The lowest BCUT2D eigenvalue weighted by Crippen LogP contribution is -2.60. The first-order chi connectivity index (χ1) is 24.2. The van der Waals surface area contributed by atoms with Crippen LogP contribution in [0.15, 0.2) is 9.59 Å². The molecule has 0 bridgehead atoms. The quantitative estimate of drug-likeness (QED) is 0.0335. The van der Waals surface area contributed by atoms with E-state index in [1.54, 1.807) is 19.6 Å². The van der Waals surface area contributed by atoms with Crippen molar-refractivity contribution < 1.29 is 39.3 Å². The van der Waals surface area contributed by atoms with E-state index in [-0.39, 0.29) is 103 Å². The molecular formula is C32H55N9O10. The predicted molar refractivity (Wildman–Crippen MR) is 190 cm³/mol. The molecule has 1 fully saturated rings. The number of unbranched alkanes of at least 4 members (excludes halogenated alkanes) is 1. The number of rotatable bonds is 22. The lowest BCUT2D eigenvalue weighted by molar-refractivity contribution is -0.140. The summed E-state index contributed by atoms with van der Waals surface area (Å²) in [6.07, 6.45) is 2.45. The fraction of sp³-hybridized carbons (Fsp3) is 0.719. The highest BCUT2D eigenvalue weighted by Crippen LogP contribution is 2.14. The first kappa shape index (κ1) is 43.2. The Balaban J connectivity index is 2.04. The van der Waals surface area contributed by atoms with Crippen LogP contribution in [-0.2, 0) is 24.0 Å². The number of anilines is 2. The number of hydrogen-bond donors (Lipinski definition) is 8. The number of hydrogen-bond acceptors (Lipinski definition) is 15. The Labute approximate surface area is 297 Å². The van der Waals surface area contributed by atoms with Gasteiger partial charge in [0.05, 0.1) is 19.6 Å². The van der Waals surface area contributed by atoms with Gasteiger partial charge in [0.15, 0.2) is 6.29 Å². The third-order valence-corrected chi connectivity index (χ3v) is 8.54. The predicted octanol–water partition coefficient (Wildman–Crippen LogP) is -3.03. The molecule has 1 unspecified atom stereocenters. The molecular weight excluding hydrogens is 670 g/mol. The van der Waals surface area contributed by atoms with Crippen molar-refractivity contribution in [2.45, 2.75) is 45.3 Å². The molecule has 1 saturated heterocycles. The average Bonchev–Trinajstić information content (AvgIpc) is 3.06. The highest BCUT2D eigenvalue weighted by atomic mass is 16.4. The van der Waals surface area contributed by atoms with E-state index in [1.807, 2.05) is 0 Å². The summed E-state index contributed by atoms with van der Waals surface area (Å²) in [5.74, 6) is -3.17. The number of carbonyl (C=O) groups excluding carboxylic acids is 2. The van der Waals surface area contributed by atoms with E-state index in [9.17, 15) is 48.9 Å². The Morgan fingerprint density at radius 2 is 1.18 bits per heavy atom. The topological polar surface area (TPSA) is 267 Å². The van der Waals surface area contributed by atoms with Crippen molar-refractivity contribution in [3.05, 3.63) is 20.4 Å². The van der Waals surface area contributed by atoms with Crippen LogP contribution in [0.25, 0.3) is 0 Å². The summed E-state index contributed by atoms with van der Waals surface area (Å²) in [5.41, 5.74) is 5.09. The maximum Gasteiger partial charge on any atom is 0.317 e. The first-order valence-corrected chi connectivity index (χ1v) is 17.3. The zero-order valence-electron chi connectivity index (χ0n) is 29.6. The SMILES string of the molecule is CC(C)CCCCNc1c(NCCNC(=O)[C@@H](CN)NC(C=O)N2CCN(CC(=O)O)CCN(CC(=O)O)CCN(CC(=O)O)CC2)c(=O)c1=O. The van der Waals surface area contributed by atoms with Crippen LogP contribution in [0.4, 0.5) is 11.4 Å². The second kappa shape index (κ2) is 22.7. The molecule has 1 heterocycles. The van der Waals surface area contributed by atoms with Gasteiger partial charge in [0, 0.05) is 78.5 Å². The molecule has 1 aromatic carbocycles. The van der Waals surface area contributed by atoms with E-state index in [1.165, 1.54) is 0 Å². The molecule has 0 spiro atoms. The zero-order chi connectivity index (χ0) is 37.9. The van der Waals surface area contributed by atoms with Crippen molar-refractivity contribution >= 4 is 41.5 Å². The average molecular weight is 726 g/mol. The molecule has 51 heavy (non-hydrogen) atoms. The third kappa shape index (κ3) is 15.8. The second-order valence-corrected chi connectivity index (χ2v) is 13.0. The van der Waals surface area contributed by atoms with Gasteiger partial charge in [0.2, 0.25) is 5.91 Å². The van der Waals surface area contributed by atoms with Crippen molar-refractivity contribution in [3.63, 3.8) is 0 Å². The number of carboxylic acid groups (broad SMARTS) is 3. The van der Waals surface area contributed by atoms with E-state index >= 15 is 0 Å². The van der Waals surface area contributed by atoms with Crippen molar-refractivity contribution in [2.24, 2.45) is 11.7 Å². The van der Waals surface area contributed by atoms with Gasteiger partial charge in [0.25, 0.3) is 10.9 Å². The molecule has 19 heteroatoms. The minimum absolute atomic E-state index is 0.0757. The minimum atomic E-state index is -1.08. The van der Waals surface area contributed by atoms with E-state index < -0.39 is 46.9 Å². The van der Waals surface area contributed by atoms with Gasteiger partial charge in [-0.25, -0.2) is 0 Å². The molecule has 0 aliphatic carbocycles. The summed E-state index contributed by atoms with van der Waals surface area (Å²) in [6, 6.07) is -1.02. The van der Waals surface area contributed by atoms with Crippen LogP contribution in [-0.4, -0.2) is 175 Å². The largest absolute Gasteiger partial charge is 0.480 e. The smallest absolute Gasteiger partial charge is 0.317 e. The Morgan fingerprint density at radius 1 is 0.725 bits per heavy atom. The summed E-state index contributed by atoms with van der Waals surface area (Å²) >= 11 is 0. The van der Waals surface area contributed by atoms with Crippen molar-refractivity contribution in [1.29, 1.82) is 0 Å². The summed E-state index contributed by atoms with van der Waals surface area (Å²) in [6.45, 7) is 5.43. The van der Waals surface area contributed by atoms with Crippen LogP contribution in [0.2, 0.25) is 0 Å². The van der Waals surface area contributed by atoms with Crippen LogP contribution in [0.1, 0.15) is 33.1 Å². The Morgan fingerprint density at radius 3 is 1.59 bits per heavy atom. The van der Waals surface area contributed by atoms with Gasteiger partial charge < -0.3 is 41.8 Å². The molecule has 1 amide bonds. The van der Waals surface area contributed by atoms with Crippen LogP contribution < -0.4 is 37.9 Å². The summed E-state index contributed by atoms with van der Waals surface area (Å²) in [5, 5.41) is 39.8. The highest BCUT2D eigenvalue weighted by Gasteiger charge is 2.27. The van der Waals surface area contributed by atoms with E-state index in [0.29, 0.717) is 18.7 Å². The Kier molecular flexibility index (Phi) is 19.2. The number of nitrogens with zero attached hydrogens (tertiary/aromatic N) is 4. The van der Waals surface area contributed by atoms with Crippen LogP contribution in [0, 0.1) is 5.92 Å². The van der Waals surface area contributed by atoms with Gasteiger partial charge in [-0.15, -0.1) is 0 Å². The van der Waals surface area contributed by atoms with Gasteiger partial charge >= 0.3 is 17.9 Å². The highest BCUT2D eigenvalue weighted by molar-refractivity contribution is 5.82. The van der Waals surface area contributed by atoms with E-state index in [4.69, 9.17) is 5.73 Å². The molecule has 0 saturated carbocycles. The molecule has 1 aromatic rings. The summed E-state index contributed by atoms with van der Waals surface area (Å²) in [7, 11) is 0. The van der Waals surface area contributed by atoms with Gasteiger partial charge in [-0.1, -0.05) is 26.7 Å². The Hall–Kier alpha value is -4.01. The Bertz CT molecular complexity index is 1320. The van der Waals surface area contributed by atoms with E-state index in [0.717, 1.165) is 19.3 Å². The summed E-state index contributed by atoms with van der Waals surface area (Å²) < 4.78 is 0. The van der Waals surface area contributed by atoms with Crippen molar-refractivity contribution in [1.82, 2.24) is 30.2 Å². The van der Waals surface area contributed by atoms with E-state index in [2.05, 4.69) is 35.1 Å². The number of nitrogens with one attached hydrogen (secondary N) is 4. The number of carbonyl (C=O) groups is 5. The lowest BCUT2D eigenvalue weighted by Gasteiger charge is -2.36. The van der Waals surface area contributed by atoms with Crippen LogP contribution in [0.3, 0.4) is 0 Å².